The molecule has 1 aromatic heterocycles. The Kier molecular flexibility index (Phi) is 5.03. The minimum atomic E-state index is -0.975. The van der Waals surface area contributed by atoms with Gasteiger partial charge in [0, 0.05) is 38.3 Å². The highest BCUT2D eigenvalue weighted by Crippen LogP contribution is 2.22. The van der Waals surface area contributed by atoms with Crippen molar-refractivity contribution in [2.75, 3.05) is 38.1 Å². The Balaban J connectivity index is 2.14. The van der Waals surface area contributed by atoms with Gasteiger partial charge in [-0.15, -0.1) is 0 Å². The topological polar surface area (TPSA) is 59.9 Å². The number of carboxylic acid groups (broad SMARTS) is 1. The van der Waals surface area contributed by atoms with Gasteiger partial charge in [0.2, 0.25) is 0 Å². The summed E-state index contributed by atoms with van der Waals surface area (Å²) in [6, 6.07) is 5.60. The van der Waals surface area contributed by atoms with Crippen LogP contribution in [0, 0.1) is 0 Å². The molecule has 1 amide bonds. The van der Waals surface area contributed by atoms with Gasteiger partial charge in [-0.25, -0.2) is 9.78 Å². The van der Waals surface area contributed by atoms with E-state index >= 15 is 0 Å². The van der Waals surface area contributed by atoms with Crippen molar-refractivity contribution in [3.05, 3.63) is 23.9 Å². The van der Waals surface area contributed by atoms with Crippen LogP contribution in [0.4, 0.5) is 10.6 Å². The number of aromatic nitrogens is 1. The first-order valence-electron chi connectivity index (χ1n) is 7.67. The van der Waals surface area contributed by atoms with Crippen LogP contribution >= 0.6 is 0 Å². The summed E-state index contributed by atoms with van der Waals surface area (Å²) in [6.07, 6.45) is -0.975. The van der Waals surface area contributed by atoms with Crippen molar-refractivity contribution in [1.82, 2.24) is 14.8 Å². The standard InChI is InChI=1S/C16H26N4O2/c1-16(2,3)20(15(21)22)14-7-5-6-13(17-14)12-19-10-8-18(4)9-11-19/h5-7H,8-12H2,1-4H3,(H,21,22). The molecule has 0 bridgehead atoms. The van der Waals surface area contributed by atoms with Crippen molar-refractivity contribution in [3.8, 4) is 0 Å². The molecular weight excluding hydrogens is 280 g/mol. The lowest BCUT2D eigenvalue weighted by atomic mass is 10.1. The molecule has 0 saturated carbocycles. The molecule has 0 aromatic carbocycles. The molecule has 6 nitrogen and oxygen atoms in total. The summed E-state index contributed by atoms with van der Waals surface area (Å²) in [5, 5.41) is 9.47. The SMILES string of the molecule is CN1CCN(Cc2cccc(N(C(=O)O)C(C)(C)C)n2)CC1. The molecule has 1 aliphatic rings. The van der Waals surface area contributed by atoms with Crippen LogP contribution in [0.1, 0.15) is 26.5 Å². The molecule has 0 atom stereocenters. The Morgan fingerprint density at radius 1 is 1.27 bits per heavy atom. The van der Waals surface area contributed by atoms with Crippen LogP contribution in [-0.4, -0.2) is 64.7 Å². The molecule has 0 aliphatic carbocycles. The molecule has 1 fully saturated rings. The molecule has 2 rings (SSSR count). The Morgan fingerprint density at radius 3 is 2.45 bits per heavy atom. The van der Waals surface area contributed by atoms with E-state index in [2.05, 4.69) is 21.8 Å². The monoisotopic (exact) mass is 306 g/mol. The Labute approximate surface area is 132 Å². The maximum absolute atomic E-state index is 11.6. The Hall–Kier alpha value is -1.66. The highest BCUT2D eigenvalue weighted by molar-refractivity contribution is 5.86. The molecule has 2 heterocycles. The molecule has 1 saturated heterocycles. The summed E-state index contributed by atoms with van der Waals surface area (Å²) in [7, 11) is 2.13. The number of anilines is 1. The molecule has 1 N–H and O–H groups in total. The van der Waals surface area contributed by atoms with Crippen molar-refractivity contribution < 1.29 is 9.90 Å². The van der Waals surface area contributed by atoms with Gasteiger partial charge in [-0.05, 0) is 40.0 Å². The molecule has 0 radical (unpaired) electrons. The largest absolute Gasteiger partial charge is 0.465 e. The Morgan fingerprint density at radius 2 is 1.91 bits per heavy atom. The number of carbonyl (C=O) groups is 1. The number of piperazine rings is 1. The fourth-order valence-corrected chi connectivity index (χ4v) is 2.64. The molecule has 6 heteroatoms. The number of likely N-dealkylation sites (N-methyl/N-ethyl adjacent to an activating group) is 1. The molecular formula is C16H26N4O2. The van der Waals surface area contributed by atoms with Gasteiger partial charge in [-0.1, -0.05) is 6.07 Å². The van der Waals surface area contributed by atoms with Gasteiger partial charge in [0.25, 0.3) is 0 Å². The van der Waals surface area contributed by atoms with E-state index in [0.717, 1.165) is 38.4 Å². The van der Waals surface area contributed by atoms with E-state index < -0.39 is 11.6 Å². The van der Waals surface area contributed by atoms with E-state index in [1.807, 2.05) is 32.9 Å². The summed E-state index contributed by atoms with van der Waals surface area (Å²) in [4.78, 5) is 22.1. The van der Waals surface area contributed by atoms with Gasteiger partial charge < -0.3 is 10.0 Å². The zero-order chi connectivity index (χ0) is 16.3. The average Bonchev–Trinajstić information content (AvgIpc) is 2.40. The molecule has 1 aromatic rings. The highest BCUT2D eigenvalue weighted by atomic mass is 16.4. The quantitative estimate of drug-likeness (QED) is 0.927. The van der Waals surface area contributed by atoms with Crippen molar-refractivity contribution >= 4 is 11.9 Å². The van der Waals surface area contributed by atoms with E-state index in [9.17, 15) is 9.90 Å². The predicted octanol–water partition coefficient (Wildman–Crippen LogP) is 2.11. The number of rotatable bonds is 3. The van der Waals surface area contributed by atoms with Crippen LogP contribution in [0.5, 0.6) is 0 Å². The lowest BCUT2D eigenvalue weighted by molar-refractivity contribution is 0.147. The van der Waals surface area contributed by atoms with Crippen molar-refractivity contribution in [3.63, 3.8) is 0 Å². The first-order valence-corrected chi connectivity index (χ1v) is 7.67. The number of hydrogen-bond acceptors (Lipinski definition) is 4. The molecule has 122 valence electrons. The minimum absolute atomic E-state index is 0.492. The molecule has 22 heavy (non-hydrogen) atoms. The van der Waals surface area contributed by atoms with Crippen molar-refractivity contribution in [2.24, 2.45) is 0 Å². The lowest BCUT2D eigenvalue weighted by Crippen LogP contribution is -2.46. The summed E-state index contributed by atoms with van der Waals surface area (Å²) >= 11 is 0. The maximum Gasteiger partial charge on any atom is 0.413 e. The third kappa shape index (κ3) is 4.18. The van der Waals surface area contributed by atoms with Crippen molar-refractivity contribution in [2.45, 2.75) is 32.9 Å². The van der Waals surface area contributed by atoms with Crippen LogP contribution in [0.2, 0.25) is 0 Å². The van der Waals surface area contributed by atoms with Crippen LogP contribution in [0.15, 0.2) is 18.2 Å². The van der Waals surface area contributed by atoms with Gasteiger partial charge in [0.15, 0.2) is 0 Å². The van der Waals surface area contributed by atoms with Gasteiger partial charge >= 0.3 is 6.09 Å². The van der Waals surface area contributed by atoms with E-state index in [1.54, 1.807) is 6.07 Å². The third-order valence-corrected chi connectivity index (χ3v) is 3.86. The van der Waals surface area contributed by atoms with E-state index in [0.29, 0.717) is 5.82 Å². The fourth-order valence-electron chi connectivity index (χ4n) is 2.64. The fraction of sp³-hybridized carbons (Fsp3) is 0.625. The number of hydrogen-bond donors (Lipinski definition) is 1. The summed E-state index contributed by atoms with van der Waals surface area (Å²) in [6.45, 7) is 10.5. The average molecular weight is 306 g/mol. The highest BCUT2D eigenvalue weighted by Gasteiger charge is 2.29. The van der Waals surface area contributed by atoms with Gasteiger partial charge in [-0.3, -0.25) is 9.80 Å². The maximum atomic E-state index is 11.6. The molecule has 0 unspecified atom stereocenters. The summed E-state index contributed by atoms with van der Waals surface area (Å²) < 4.78 is 0. The van der Waals surface area contributed by atoms with Crippen LogP contribution in [-0.2, 0) is 6.54 Å². The number of nitrogens with zero attached hydrogens (tertiary/aromatic N) is 4. The van der Waals surface area contributed by atoms with Crippen LogP contribution < -0.4 is 4.90 Å². The third-order valence-electron chi connectivity index (χ3n) is 3.86. The van der Waals surface area contributed by atoms with Crippen molar-refractivity contribution in [1.29, 1.82) is 0 Å². The summed E-state index contributed by atoms with van der Waals surface area (Å²) in [5.41, 5.74) is 0.392. The molecule has 1 aliphatic heterocycles. The first-order chi connectivity index (χ1) is 10.3. The summed E-state index contributed by atoms with van der Waals surface area (Å²) in [5.74, 6) is 0.492. The van der Waals surface area contributed by atoms with E-state index in [-0.39, 0.29) is 0 Å². The van der Waals surface area contributed by atoms with Gasteiger partial charge in [0.05, 0.1) is 5.69 Å². The second-order valence-electron chi connectivity index (χ2n) is 6.86. The van der Waals surface area contributed by atoms with Gasteiger partial charge in [-0.2, -0.15) is 0 Å². The van der Waals surface area contributed by atoms with E-state index in [1.165, 1.54) is 4.90 Å². The second-order valence-corrected chi connectivity index (χ2v) is 6.86. The normalized spacial score (nSPS) is 17.5. The van der Waals surface area contributed by atoms with Crippen LogP contribution in [0.25, 0.3) is 0 Å². The first kappa shape index (κ1) is 16.7. The lowest BCUT2D eigenvalue weighted by Gasteiger charge is -2.33. The number of amides is 1. The second kappa shape index (κ2) is 6.62. The van der Waals surface area contributed by atoms with Gasteiger partial charge in [0.1, 0.15) is 5.82 Å². The zero-order valence-corrected chi connectivity index (χ0v) is 13.9. The Bertz CT molecular complexity index is 519. The number of pyridine rings is 1. The smallest absolute Gasteiger partial charge is 0.413 e. The van der Waals surface area contributed by atoms with E-state index in [4.69, 9.17) is 0 Å². The van der Waals surface area contributed by atoms with Crippen LogP contribution in [0.3, 0.4) is 0 Å². The predicted molar refractivity (Wildman–Crippen MR) is 87.3 cm³/mol. The zero-order valence-electron chi connectivity index (χ0n) is 13.9. The molecule has 0 spiro atoms. The minimum Gasteiger partial charge on any atom is -0.465 e.